The molecule has 0 saturated heterocycles. The number of benzene rings is 2. The van der Waals surface area contributed by atoms with Crippen LogP contribution in [0.2, 0.25) is 0 Å². The average Bonchev–Trinajstić information content (AvgIpc) is 2.43. The van der Waals surface area contributed by atoms with Crippen LogP contribution >= 0.6 is 15.9 Å². The number of carboxylic acid groups (broad SMARTS) is 1. The van der Waals surface area contributed by atoms with Crippen molar-refractivity contribution in [2.24, 2.45) is 0 Å². The third-order valence-electron chi connectivity index (χ3n) is 2.68. The van der Waals surface area contributed by atoms with Crippen LogP contribution in [-0.2, 0) is 0 Å². The van der Waals surface area contributed by atoms with Gasteiger partial charge in [-0.2, -0.15) is 0 Å². The maximum absolute atomic E-state index is 13.8. The van der Waals surface area contributed by atoms with Gasteiger partial charge in [0.2, 0.25) is 0 Å². The van der Waals surface area contributed by atoms with Crippen LogP contribution in [0.5, 0.6) is 5.75 Å². The molecule has 3 N–H and O–H groups in total. The van der Waals surface area contributed by atoms with Gasteiger partial charge in [0.05, 0.1) is 21.3 Å². The lowest BCUT2D eigenvalue weighted by Crippen LogP contribution is -2.16. The molecule has 5 nitrogen and oxygen atoms in total. The van der Waals surface area contributed by atoms with E-state index in [1.54, 1.807) is 0 Å². The van der Waals surface area contributed by atoms with E-state index in [0.717, 1.165) is 6.07 Å². The number of phenolic OH excluding ortho intramolecular Hbond substituents is 1. The van der Waals surface area contributed by atoms with Crippen LogP contribution in [0.3, 0.4) is 0 Å². The van der Waals surface area contributed by atoms with Gasteiger partial charge in [0.15, 0.2) is 0 Å². The van der Waals surface area contributed by atoms with Crippen molar-refractivity contribution in [3.05, 3.63) is 57.8 Å². The largest absolute Gasteiger partial charge is 0.508 e. The van der Waals surface area contributed by atoms with Crippen molar-refractivity contribution in [3.63, 3.8) is 0 Å². The van der Waals surface area contributed by atoms with Crippen LogP contribution < -0.4 is 5.32 Å². The number of phenols is 1. The highest BCUT2D eigenvalue weighted by Crippen LogP contribution is 2.24. The molecule has 21 heavy (non-hydrogen) atoms. The van der Waals surface area contributed by atoms with Gasteiger partial charge in [0.25, 0.3) is 5.91 Å². The second-order valence-corrected chi connectivity index (χ2v) is 4.94. The number of carbonyl (C=O) groups is 2. The number of hydrogen-bond acceptors (Lipinski definition) is 3. The van der Waals surface area contributed by atoms with Crippen LogP contribution in [-0.4, -0.2) is 22.1 Å². The lowest BCUT2D eigenvalue weighted by atomic mass is 10.1. The highest BCUT2D eigenvalue weighted by molar-refractivity contribution is 9.10. The lowest BCUT2D eigenvalue weighted by Gasteiger charge is -2.10. The van der Waals surface area contributed by atoms with E-state index in [-0.39, 0.29) is 27.0 Å². The van der Waals surface area contributed by atoms with Crippen molar-refractivity contribution in [2.75, 3.05) is 5.32 Å². The molecule has 2 aromatic rings. The first-order valence-electron chi connectivity index (χ1n) is 5.72. The van der Waals surface area contributed by atoms with Gasteiger partial charge in [-0.05, 0) is 46.3 Å². The lowest BCUT2D eigenvalue weighted by molar-refractivity contribution is 0.0697. The highest BCUT2D eigenvalue weighted by atomic mass is 79.9. The zero-order valence-corrected chi connectivity index (χ0v) is 12.0. The minimum atomic E-state index is -1.32. The number of anilines is 1. The van der Waals surface area contributed by atoms with Gasteiger partial charge in [-0.15, -0.1) is 0 Å². The Morgan fingerprint density at radius 3 is 2.52 bits per heavy atom. The molecule has 0 atom stereocenters. The standard InChI is InChI=1S/C14H9BrFNO4/c15-10-3-1-2-8(12(10)16)13(19)17-11-5-4-7(18)6-9(11)14(20)21/h1-6,18H,(H,17,19)(H,20,21). The second-order valence-electron chi connectivity index (χ2n) is 4.09. The van der Waals surface area contributed by atoms with Gasteiger partial charge < -0.3 is 15.5 Å². The van der Waals surface area contributed by atoms with Gasteiger partial charge in [0.1, 0.15) is 11.6 Å². The Balaban J connectivity index is 2.36. The molecule has 0 aliphatic carbocycles. The number of nitrogens with one attached hydrogen (secondary N) is 1. The predicted octanol–water partition coefficient (Wildman–Crippen LogP) is 3.24. The molecule has 0 bridgehead atoms. The minimum absolute atomic E-state index is 0.0373. The summed E-state index contributed by atoms with van der Waals surface area (Å²) in [7, 11) is 0. The molecular formula is C14H9BrFNO4. The number of carboxylic acids is 1. The van der Waals surface area contributed by atoms with E-state index in [1.165, 1.54) is 30.3 Å². The Kier molecular flexibility index (Phi) is 4.23. The molecule has 0 fully saturated rings. The zero-order chi connectivity index (χ0) is 15.6. The maximum Gasteiger partial charge on any atom is 0.337 e. The number of rotatable bonds is 3. The molecule has 2 aromatic carbocycles. The van der Waals surface area contributed by atoms with Crippen LogP contribution in [0.25, 0.3) is 0 Å². The summed E-state index contributed by atoms with van der Waals surface area (Å²) in [5, 5.41) is 20.6. The van der Waals surface area contributed by atoms with Gasteiger partial charge in [-0.1, -0.05) is 6.07 Å². The van der Waals surface area contributed by atoms with Crippen molar-refractivity contribution in [1.29, 1.82) is 0 Å². The fourth-order valence-electron chi connectivity index (χ4n) is 1.69. The topological polar surface area (TPSA) is 86.6 Å². The summed E-state index contributed by atoms with van der Waals surface area (Å²) in [6, 6.07) is 7.64. The first kappa shape index (κ1) is 15.0. The van der Waals surface area contributed by atoms with Gasteiger partial charge in [-0.3, -0.25) is 4.79 Å². The van der Waals surface area contributed by atoms with Crippen molar-refractivity contribution in [2.45, 2.75) is 0 Å². The summed E-state index contributed by atoms with van der Waals surface area (Å²) < 4.78 is 13.9. The molecule has 0 aromatic heterocycles. The molecule has 0 heterocycles. The van der Waals surface area contributed by atoms with E-state index in [2.05, 4.69) is 21.2 Å². The molecule has 7 heteroatoms. The zero-order valence-electron chi connectivity index (χ0n) is 10.4. The summed E-state index contributed by atoms with van der Waals surface area (Å²) in [5.41, 5.74) is -0.558. The van der Waals surface area contributed by atoms with E-state index < -0.39 is 17.7 Å². The number of amides is 1. The van der Waals surface area contributed by atoms with E-state index >= 15 is 0 Å². The SMILES string of the molecule is O=C(O)c1cc(O)ccc1NC(=O)c1cccc(Br)c1F. The number of aromatic carboxylic acids is 1. The molecule has 0 aliphatic rings. The van der Waals surface area contributed by atoms with Crippen molar-refractivity contribution >= 4 is 33.5 Å². The van der Waals surface area contributed by atoms with Gasteiger partial charge in [-0.25, -0.2) is 9.18 Å². The Morgan fingerprint density at radius 1 is 1.14 bits per heavy atom. The first-order chi connectivity index (χ1) is 9.90. The molecule has 0 saturated carbocycles. The molecule has 0 radical (unpaired) electrons. The van der Waals surface area contributed by atoms with Crippen LogP contribution in [0.15, 0.2) is 40.9 Å². The molecule has 1 amide bonds. The van der Waals surface area contributed by atoms with E-state index in [0.29, 0.717) is 0 Å². The molecular weight excluding hydrogens is 345 g/mol. The average molecular weight is 354 g/mol. The van der Waals surface area contributed by atoms with Crippen LogP contribution in [0.4, 0.5) is 10.1 Å². The number of halogens is 2. The Labute approximate surface area is 127 Å². The summed E-state index contributed by atoms with van der Waals surface area (Å²) in [6.45, 7) is 0. The third kappa shape index (κ3) is 3.19. The van der Waals surface area contributed by atoms with Crippen LogP contribution in [0.1, 0.15) is 20.7 Å². The van der Waals surface area contributed by atoms with Gasteiger partial charge in [0, 0.05) is 0 Å². The summed E-state index contributed by atoms with van der Waals surface area (Å²) >= 11 is 2.96. The van der Waals surface area contributed by atoms with E-state index in [4.69, 9.17) is 5.11 Å². The van der Waals surface area contributed by atoms with E-state index in [1.807, 2.05) is 0 Å². The molecule has 2 rings (SSSR count). The Morgan fingerprint density at radius 2 is 1.86 bits per heavy atom. The summed E-state index contributed by atoms with van der Waals surface area (Å²) in [6.07, 6.45) is 0. The number of carbonyl (C=O) groups excluding carboxylic acids is 1. The van der Waals surface area contributed by atoms with Gasteiger partial charge >= 0.3 is 5.97 Å². The summed E-state index contributed by atoms with van der Waals surface area (Å²) in [4.78, 5) is 23.1. The Hall–Kier alpha value is -2.41. The highest BCUT2D eigenvalue weighted by Gasteiger charge is 2.17. The minimum Gasteiger partial charge on any atom is -0.508 e. The predicted molar refractivity (Wildman–Crippen MR) is 77.1 cm³/mol. The fraction of sp³-hybridized carbons (Fsp3) is 0. The molecule has 0 spiro atoms. The summed E-state index contributed by atoms with van der Waals surface area (Å²) in [5.74, 6) is -3.11. The molecule has 0 unspecified atom stereocenters. The first-order valence-corrected chi connectivity index (χ1v) is 6.51. The maximum atomic E-state index is 13.8. The fourth-order valence-corrected chi connectivity index (χ4v) is 2.05. The second kappa shape index (κ2) is 5.92. The monoisotopic (exact) mass is 353 g/mol. The van der Waals surface area contributed by atoms with Crippen molar-refractivity contribution < 1.29 is 24.2 Å². The normalized spacial score (nSPS) is 10.2. The van der Waals surface area contributed by atoms with Crippen molar-refractivity contribution in [3.8, 4) is 5.75 Å². The van der Waals surface area contributed by atoms with E-state index in [9.17, 15) is 19.1 Å². The third-order valence-corrected chi connectivity index (χ3v) is 3.29. The Bertz CT molecular complexity index is 733. The molecule has 0 aliphatic heterocycles. The molecule has 108 valence electrons. The quantitative estimate of drug-likeness (QED) is 0.739. The number of hydrogen-bond donors (Lipinski definition) is 3. The van der Waals surface area contributed by atoms with Crippen molar-refractivity contribution in [1.82, 2.24) is 0 Å². The van der Waals surface area contributed by atoms with Crippen LogP contribution in [0, 0.1) is 5.82 Å². The number of aromatic hydroxyl groups is 1. The smallest absolute Gasteiger partial charge is 0.337 e.